The maximum absolute atomic E-state index is 13.5. The molecule has 2 aromatic carbocycles. The first-order valence-corrected chi connectivity index (χ1v) is 11.8. The fourth-order valence-electron chi connectivity index (χ4n) is 2.69. The third kappa shape index (κ3) is 10.0. The predicted molar refractivity (Wildman–Crippen MR) is 119 cm³/mol. The SMILES string of the molecule is N=C(N)NOCCCOc1ccc(C[C@H](NS(=O)(=O)c2cccc(F)c2)C(=O)OC(=O)C(F)(F)F)cc1. The van der Waals surface area contributed by atoms with Crippen LogP contribution >= 0.6 is 0 Å². The van der Waals surface area contributed by atoms with Crippen molar-refractivity contribution in [1.29, 1.82) is 5.41 Å². The number of halogens is 4. The van der Waals surface area contributed by atoms with Crippen LogP contribution < -0.4 is 20.7 Å². The Kier molecular flexibility index (Phi) is 10.3. The van der Waals surface area contributed by atoms with Crippen LogP contribution in [0.2, 0.25) is 0 Å². The zero-order valence-corrected chi connectivity index (χ0v) is 19.7. The van der Waals surface area contributed by atoms with Crippen LogP contribution in [0.4, 0.5) is 17.6 Å². The number of nitrogens with one attached hydrogen (secondary N) is 3. The third-order valence-corrected chi connectivity index (χ3v) is 5.79. The summed E-state index contributed by atoms with van der Waals surface area (Å²) in [7, 11) is -4.60. The van der Waals surface area contributed by atoms with Crippen LogP contribution in [0.1, 0.15) is 12.0 Å². The summed E-state index contributed by atoms with van der Waals surface area (Å²) in [6.07, 6.45) is -5.58. The molecular weight excluding hydrogens is 528 g/mol. The van der Waals surface area contributed by atoms with Gasteiger partial charge in [0.1, 0.15) is 17.6 Å². The van der Waals surface area contributed by atoms with Crippen LogP contribution in [0.25, 0.3) is 0 Å². The third-order valence-electron chi connectivity index (χ3n) is 4.32. The predicted octanol–water partition coefficient (Wildman–Crippen LogP) is 1.53. The lowest BCUT2D eigenvalue weighted by molar-refractivity contribution is -0.202. The number of hydrogen-bond acceptors (Lipinski definition) is 8. The van der Waals surface area contributed by atoms with Crippen molar-refractivity contribution in [2.24, 2.45) is 5.73 Å². The number of guanidine groups is 1. The molecule has 5 N–H and O–H groups in total. The number of alkyl halides is 3. The van der Waals surface area contributed by atoms with Gasteiger partial charge < -0.3 is 15.2 Å². The Morgan fingerprint density at radius 2 is 1.76 bits per heavy atom. The van der Waals surface area contributed by atoms with Gasteiger partial charge in [0.05, 0.1) is 18.1 Å². The normalized spacial score (nSPS) is 12.4. The second kappa shape index (κ2) is 13.0. The first kappa shape index (κ1) is 29.5. The molecule has 37 heavy (non-hydrogen) atoms. The van der Waals surface area contributed by atoms with Crippen LogP contribution in [-0.4, -0.2) is 51.7 Å². The quantitative estimate of drug-likeness (QED) is 0.0582. The average Bonchev–Trinajstić information content (AvgIpc) is 2.81. The van der Waals surface area contributed by atoms with E-state index < -0.39 is 51.3 Å². The summed E-state index contributed by atoms with van der Waals surface area (Å²) >= 11 is 0. The van der Waals surface area contributed by atoms with Crippen molar-refractivity contribution in [3.8, 4) is 5.75 Å². The molecule has 0 heterocycles. The Balaban J connectivity index is 2.11. The summed E-state index contributed by atoms with van der Waals surface area (Å²) < 4.78 is 87.5. The van der Waals surface area contributed by atoms with Crippen molar-refractivity contribution in [2.45, 2.75) is 30.0 Å². The molecule has 0 aliphatic rings. The van der Waals surface area contributed by atoms with E-state index in [1.807, 2.05) is 4.72 Å². The lowest BCUT2D eigenvalue weighted by Gasteiger charge is -2.18. The highest BCUT2D eigenvalue weighted by molar-refractivity contribution is 7.89. The molecule has 0 radical (unpaired) electrons. The molecule has 0 saturated carbocycles. The minimum Gasteiger partial charge on any atom is -0.494 e. The fourth-order valence-corrected chi connectivity index (χ4v) is 3.91. The highest BCUT2D eigenvalue weighted by atomic mass is 32.2. The van der Waals surface area contributed by atoms with E-state index in [9.17, 15) is 35.6 Å². The van der Waals surface area contributed by atoms with Gasteiger partial charge in [-0.2, -0.15) is 17.9 Å². The molecule has 2 rings (SSSR count). The van der Waals surface area contributed by atoms with Gasteiger partial charge in [0.2, 0.25) is 16.0 Å². The zero-order chi connectivity index (χ0) is 27.6. The molecule has 202 valence electrons. The summed E-state index contributed by atoms with van der Waals surface area (Å²) in [6.45, 7) is 0.393. The second-order valence-electron chi connectivity index (χ2n) is 7.25. The van der Waals surface area contributed by atoms with Crippen molar-refractivity contribution in [3.63, 3.8) is 0 Å². The van der Waals surface area contributed by atoms with E-state index in [0.29, 0.717) is 18.2 Å². The maximum atomic E-state index is 13.5. The Morgan fingerprint density at radius 3 is 2.35 bits per heavy atom. The van der Waals surface area contributed by atoms with Crippen molar-refractivity contribution >= 4 is 27.9 Å². The van der Waals surface area contributed by atoms with Crippen molar-refractivity contribution in [2.75, 3.05) is 13.2 Å². The largest absolute Gasteiger partial charge is 0.494 e. The molecule has 0 bridgehead atoms. The molecule has 0 unspecified atom stereocenters. The van der Waals surface area contributed by atoms with Crippen LogP contribution in [0.3, 0.4) is 0 Å². The topological polar surface area (TPSA) is 170 Å². The van der Waals surface area contributed by atoms with Gasteiger partial charge in [-0.25, -0.2) is 27.9 Å². The summed E-state index contributed by atoms with van der Waals surface area (Å²) in [6, 6.07) is 7.44. The average molecular weight is 550 g/mol. The molecule has 0 spiro atoms. The molecule has 11 nitrogen and oxygen atoms in total. The maximum Gasteiger partial charge on any atom is 0.491 e. The van der Waals surface area contributed by atoms with E-state index >= 15 is 0 Å². The number of nitrogens with two attached hydrogens (primary N) is 1. The van der Waals surface area contributed by atoms with Crippen molar-refractivity contribution < 1.29 is 49.9 Å². The van der Waals surface area contributed by atoms with E-state index in [2.05, 4.69) is 10.2 Å². The molecule has 0 aliphatic carbocycles. The molecule has 1 atom stereocenters. The molecule has 16 heteroatoms. The monoisotopic (exact) mass is 550 g/mol. The smallest absolute Gasteiger partial charge is 0.491 e. The number of hydrogen-bond donors (Lipinski definition) is 4. The number of carbonyl (C=O) groups is 2. The summed E-state index contributed by atoms with van der Waals surface area (Å²) in [4.78, 5) is 27.7. The molecule has 2 aromatic rings. The lowest BCUT2D eigenvalue weighted by Crippen LogP contribution is -2.45. The molecule has 0 aliphatic heterocycles. The van der Waals surface area contributed by atoms with Gasteiger partial charge in [-0.3, -0.25) is 10.2 Å². The number of rotatable bonds is 12. The van der Waals surface area contributed by atoms with E-state index in [4.69, 9.17) is 20.7 Å². The van der Waals surface area contributed by atoms with Gasteiger partial charge in [0.25, 0.3) is 0 Å². The van der Waals surface area contributed by atoms with Gasteiger partial charge in [-0.15, -0.1) is 0 Å². The first-order chi connectivity index (χ1) is 17.3. The van der Waals surface area contributed by atoms with E-state index in [1.54, 1.807) is 0 Å². The molecule has 0 saturated heterocycles. The van der Waals surface area contributed by atoms with Gasteiger partial charge >= 0.3 is 18.1 Å². The van der Waals surface area contributed by atoms with E-state index in [1.165, 1.54) is 24.3 Å². The number of benzene rings is 2. The Labute approximate surface area is 208 Å². The van der Waals surface area contributed by atoms with Crippen LogP contribution in [0.15, 0.2) is 53.4 Å². The second-order valence-corrected chi connectivity index (χ2v) is 8.97. The minimum atomic E-state index is -5.49. The summed E-state index contributed by atoms with van der Waals surface area (Å²) in [5.74, 6) is -5.53. The van der Waals surface area contributed by atoms with Crippen molar-refractivity contribution in [3.05, 3.63) is 59.9 Å². The first-order valence-electron chi connectivity index (χ1n) is 10.3. The molecule has 0 aromatic heterocycles. The Hall–Kier alpha value is -3.76. The Bertz CT molecular complexity index is 1210. The standard InChI is InChI=1S/C21H22F4N4O7S/c22-14-3-1-4-16(12-14)37(32,33)29-17(18(30)36-19(31)21(23,24)25)11-13-5-7-15(8-6-13)34-9-2-10-35-28-20(26)27/h1,3-8,12,17,29H,2,9-11H2,(H4,26,27,28)/t17-/m0/s1. The Morgan fingerprint density at radius 1 is 1.08 bits per heavy atom. The molecular formula is C21H22F4N4O7S. The van der Waals surface area contributed by atoms with E-state index in [-0.39, 0.29) is 24.7 Å². The molecule has 0 amide bonds. The fraction of sp³-hybridized carbons (Fsp3) is 0.286. The highest BCUT2D eigenvalue weighted by Crippen LogP contribution is 2.19. The summed E-state index contributed by atoms with van der Waals surface area (Å²) in [5, 5.41) is 6.93. The van der Waals surface area contributed by atoms with Crippen LogP contribution in [0.5, 0.6) is 5.75 Å². The minimum absolute atomic E-state index is 0.184. The zero-order valence-electron chi connectivity index (χ0n) is 18.9. The highest BCUT2D eigenvalue weighted by Gasteiger charge is 2.43. The molecule has 0 fully saturated rings. The number of ether oxygens (including phenoxy) is 2. The number of carbonyl (C=O) groups excluding carboxylic acids is 2. The number of sulfonamides is 1. The van der Waals surface area contributed by atoms with Gasteiger partial charge in [-0.05, 0) is 42.3 Å². The van der Waals surface area contributed by atoms with E-state index in [0.717, 1.165) is 18.2 Å². The van der Waals surface area contributed by atoms with Crippen LogP contribution in [-0.2, 0) is 35.6 Å². The number of hydroxylamine groups is 1. The summed E-state index contributed by atoms with van der Waals surface area (Å²) in [5.41, 5.74) is 7.46. The van der Waals surface area contributed by atoms with Gasteiger partial charge in [0, 0.05) is 6.42 Å². The number of esters is 2. The van der Waals surface area contributed by atoms with Gasteiger partial charge in [-0.1, -0.05) is 18.2 Å². The lowest BCUT2D eigenvalue weighted by atomic mass is 10.1. The van der Waals surface area contributed by atoms with Crippen molar-refractivity contribution in [1.82, 2.24) is 10.2 Å². The van der Waals surface area contributed by atoms with Gasteiger partial charge in [0.15, 0.2) is 0 Å². The van der Waals surface area contributed by atoms with Crippen LogP contribution in [0, 0.1) is 11.2 Å².